The molecule has 2 aromatic carbocycles. The number of carboxylic acids is 1. The predicted molar refractivity (Wildman–Crippen MR) is 109 cm³/mol. The molecule has 0 amide bonds. The van der Waals surface area contributed by atoms with Gasteiger partial charge < -0.3 is 14.9 Å². The zero-order valence-electron chi connectivity index (χ0n) is 16.1. The van der Waals surface area contributed by atoms with E-state index in [0.717, 1.165) is 6.26 Å². The molecule has 0 saturated heterocycles. The summed E-state index contributed by atoms with van der Waals surface area (Å²) in [6.07, 6.45) is 1.07. The van der Waals surface area contributed by atoms with Crippen molar-refractivity contribution in [3.8, 4) is 17.1 Å². The van der Waals surface area contributed by atoms with Gasteiger partial charge in [0.05, 0.1) is 10.6 Å². The minimum Gasteiger partial charge on any atom is -0.487 e. The summed E-state index contributed by atoms with van der Waals surface area (Å²) in [5, 5.41) is 18.5. The molecule has 8 nitrogen and oxygen atoms in total. The minimum absolute atomic E-state index is 0.0845. The summed E-state index contributed by atoms with van der Waals surface area (Å²) < 4.78 is 29.3. The molecule has 0 aliphatic carbocycles. The molecule has 0 radical (unpaired) electrons. The Balaban J connectivity index is 1.79. The number of hydrogen-bond donors (Lipinski definition) is 2. The number of benzene rings is 2. The third-order valence-corrected chi connectivity index (χ3v) is 5.39. The number of aliphatic hydroxyl groups excluding tert-OH is 1. The smallest absolute Gasteiger partial charge is 0.332 e. The maximum atomic E-state index is 11.8. The van der Waals surface area contributed by atoms with Gasteiger partial charge in [-0.25, -0.2) is 23.2 Å². The molecule has 1 atom stereocenters. The summed E-state index contributed by atoms with van der Waals surface area (Å²) in [5.74, 6) is -0.505. The van der Waals surface area contributed by atoms with Crippen molar-refractivity contribution in [2.75, 3.05) is 6.26 Å². The first-order valence-corrected chi connectivity index (χ1v) is 10.9. The van der Waals surface area contributed by atoms with Crippen LogP contribution in [0.25, 0.3) is 11.4 Å². The number of nitrogens with zero attached hydrogens (tertiary/aromatic N) is 2. The average molecular weight is 428 g/mol. The molecule has 1 unspecified atom stereocenters. The first-order valence-electron chi connectivity index (χ1n) is 8.98. The summed E-state index contributed by atoms with van der Waals surface area (Å²) in [6.45, 7) is 0.0848. The summed E-state index contributed by atoms with van der Waals surface area (Å²) in [7, 11) is -3.35. The quantitative estimate of drug-likeness (QED) is 0.559. The highest BCUT2D eigenvalue weighted by atomic mass is 32.2. The lowest BCUT2D eigenvalue weighted by Crippen LogP contribution is -2.22. The van der Waals surface area contributed by atoms with Gasteiger partial charge in [-0.05, 0) is 29.8 Å². The summed E-state index contributed by atoms with van der Waals surface area (Å²) in [4.78, 5) is 19.7. The van der Waals surface area contributed by atoms with Crippen LogP contribution in [0.15, 0.2) is 65.7 Å². The summed E-state index contributed by atoms with van der Waals surface area (Å²) in [5.41, 5.74) is 1.67. The Morgan fingerprint density at radius 2 is 1.90 bits per heavy atom. The van der Waals surface area contributed by atoms with E-state index >= 15 is 0 Å². The lowest BCUT2D eigenvalue weighted by molar-refractivity contribution is -0.146. The largest absolute Gasteiger partial charge is 0.487 e. The molecule has 0 bridgehead atoms. The van der Waals surface area contributed by atoms with Gasteiger partial charge in [-0.1, -0.05) is 30.3 Å². The number of aliphatic hydroxyl groups is 1. The van der Waals surface area contributed by atoms with Gasteiger partial charge in [0.2, 0.25) is 0 Å². The van der Waals surface area contributed by atoms with Crippen LogP contribution in [0.2, 0.25) is 0 Å². The molecule has 0 aliphatic rings. The molecule has 9 heteroatoms. The van der Waals surface area contributed by atoms with Gasteiger partial charge in [0, 0.05) is 24.4 Å². The van der Waals surface area contributed by atoms with Crippen molar-refractivity contribution in [2.24, 2.45) is 0 Å². The van der Waals surface area contributed by atoms with Crippen molar-refractivity contribution in [3.63, 3.8) is 0 Å². The molecule has 3 rings (SSSR count). The Kier molecular flexibility index (Phi) is 6.43. The van der Waals surface area contributed by atoms with Crippen LogP contribution in [0.4, 0.5) is 0 Å². The molecule has 2 N–H and O–H groups in total. The van der Waals surface area contributed by atoms with E-state index in [0.29, 0.717) is 28.4 Å². The van der Waals surface area contributed by atoms with Crippen molar-refractivity contribution in [2.45, 2.75) is 24.0 Å². The molecule has 1 heterocycles. The number of aromatic nitrogens is 2. The lowest BCUT2D eigenvalue weighted by atomic mass is 10.1. The Morgan fingerprint density at radius 1 is 1.13 bits per heavy atom. The van der Waals surface area contributed by atoms with E-state index in [1.54, 1.807) is 48.7 Å². The zero-order chi connectivity index (χ0) is 21.7. The van der Waals surface area contributed by atoms with E-state index < -0.39 is 21.9 Å². The standard InChI is InChI=1S/C21H20N2O6S/c1-30(27,28)17-7-4-6-15(11-17)20-22-10-9-16(23-20)13-29-19-8-3-2-5-14(19)12-18(24)21(25)26/h2-11,18,24H,12-13H2,1H3,(H,25,26). The van der Waals surface area contributed by atoms with Gasteiger partial charge in [0.1, 0.15) is 12.4 Å². The van der Waals surface area contributed by atoms with Crippen LogP contribution in [0.3, 0.4) is 0 Å². The first kappa shape index (κ1) is 21.4. The van der Waals surface area contributed by atoms with Crippen molar-refractivity contribution in [1.29, 1.82) is 0 Å². The zero-order valence-corrected chi connectivity index (χ0v) is 16.9. The van der Waals surface area contributed by atoms with Gasteiger partial charge >= 0.3 is 5.97 Å². The van der Waals surface area contributed by atoms with Crippen LogP contribution < -0.4 is 4.74 Å². The number of carbonyl (C=O) groups is 1. The maximum absolute atomic E-state index is 11.8. The number of ether oxygens (including phenoxy) is 1. The monoisotopic (exact) mass is 428 g/mol. The van der Waals surface area contributed by atoms with E-state index in [1.807, 2.05) is 0 Å². The van der Waals surface area contributed by atoms with Crippen molar-refractivity contribution in [1.82, 2.24) is 9.97 Å². The molecule has 30 heavy (non-hydrogen) atoms. The minimum atomic E-state index is -3.35. The Morgan fingerprint density at radius 3 is 2.63 bits per heavy atom. The molecular weight excluding hydrogens is 408 g/mol. The second-order valence-electron chi connectivity index (χ2n) is 6.63. The molecule has 0 aliphatic heterocycles. The van der Waals surface area contributed by atoms with Crippen LogP contribution >= 0.6 is 0 Å². The normalized spacial score (nSPS) is 12.3. The lowest BCUT2D eigenvalue weighted by Gasteiger charge is -2.13. The van der Waals surface area contributed by atoms with Crippen LogP contribution in [-0.2, 0) is 27.7 Å². The van der Waals surface area contributed by atoms with Gasteiger partial charge in [0.15, 0.2) is 21.8 Å². The fraction of sp³-hybridized carbons (Fsp3) is 0.190. The number of rotatable bonds is 8. The highest BCUT2D eigenvalue weighted by Crippen LogP contribution is 2.22. The predicted octanol–water partition coefficient (Wildman–Crippen LogP) is 2.11. The van der Waals surface area contributed by atoms with E-state index in [1.165, 1.54) is 12.1 Å². The van der Waals surface area contributed by atoms with E-state index in [9.17, 15) is 18.3 Å². The molecule has 0 spiro atoms. The number of carboxylic acid groups (broad SMARTS) is 1. The van der Waals surface area contributed by atoms with Crippen molar-refractivity contribution >= 4 is 15.8 Å². The average Bonchev–Trinajstić information content (AvgIpc) is 2.73. The summed E-state index contributed by atoms with van der Waals surface area (Å²) in [6, 6.07) is 14.9. The summed E-state index contributed by atoms with van der Waals surface area (Å²) >= 11 is 0. The van der Waals surface area contributed by atoms with Gasteiger partial charge in [-0.2, -0.15) is 0 Å². The number of sulfone groups is 1. The van der Waals surface area contributed by atoms with Gasteiger partial charge in [-0.15, -0.1) is 0 Å². The second kappa shape index (κ2) is 9.02. The van der Waals surface area contributed by atoms with Crippen molar-refractivity contribution < 1.29 is 28.2 Å². The molecule has 0 fully saturated rings. The first-order chi connectivity index (χ1) is 14.2. The van der Waals surface area contributed by atoms with E-state index in [2.05, 4.69) is 9.97 Å². The third-order valence-electron chi connectivity index (χ3n) is 4.28. The maximum Gasteiger partial charge on any atom is 0.332 e. The topological polar surface area (TPSA) is 127 Å². The third kappa shape index (κ3) is 5.40. The van der Waals surface area contributed by atoms with E-state index in [4.69, 9.17) is 9.84 Å². The molecule has 1 aromatic heterocycles. The highest BCUT2D eigenvalue weighted by molar-refractivity contribution is 7.90. The van der Waals surface area contributed by atoms with Crippen molar-refractivity contribution in [3.05, 3.63) is 72.1 Å². The fourth-order valence-corrected chi connectivity index (χ4v) is 3.41. The molecule has 0 saturated carbocycles. The van der Waals surface area contributed by atoms with Gasteiger partial charge in [0.25, 0.3) is 0 Å². The Bertz CT molecular complexity index is 1160. The molecular formula is C21H20N2O6S. The Hall–Kier alpha value is -3.30. The number of hydrogen-bond acceptors (Lipinski definition) is 7. The fourth-order valence-electron chi connectivity index (χ4n) is 2.74. The molecule has 3 aromatic rings. The SMILES string of the molecule is CS(=O)(=O)c1cccc(-c2nccc(COc3ccccc3CC(O)C(=O)O)n2)c1. The van der Waals surface area contributed by atoms with Gasteiger partial charge in [-0.3, -0.25) is 0 Å². The Labute approximate surface area is 173 Å². The van der Waals surface area contributed by atoms with Crippen LogP contribution in [0, 0.1) is 0 Å². The van der Waals surface area contributed by atoms with Crippen LogP contribution in [0.1, 0.15) is 11.3 Å². The van der Waals surface area contributed by atoms with E-state index in [-0.39, 0.29) is 17.9 Å². The number of aliphatic carboxylic acids is 1. The highest BCUT2D eigenvalue weighted by Gasteiger charge is 2.16. The molecule has 156 valence electrons. The number of para-hydroxylation sites is 1. The van der Waals surface area contributed by atoms with Crippen LogP contribution in [-0.4, -0.2) is 46.9 Å². The second-order valence-corrected chi connectivity index (χ2v) is 8.64. The van der Waals surface area contributed by atoms with Crippen LogP contribution in [0.5, 0.6) is 5.75 Å².